The molecule has 0 aliphatic carbocycles. The molecule has 0 radical (unpaired) electrons. The SMILES string of the molecule is CC(C)CNC(=O)CCNC(=O)c1nonc1N. The summed E-state index contributed by atoms with van der Waals surface area (Å²) in [6.07, 6.45) is 0.198. The monoisotopic (exact) mass is 255 g/mol. The zero-order valence-corrected chi connectivity index (χ0v) is 10.4. The van der Waals surface area contributed by atoms with Crippen LogP contribution < -0.4 is 16.4 Å². The van der Waals surface area contributed by atoms with Crippen molar-refractivity contribution >= 4 is 17.6 Å². The number of hydrogen-bond donors (Lipinski definition) is 3. The van der Waals surface area contributed by atoms with Crippen molar-refractivity contribution in [2.45, 2.75) is 20.3 Å². The van der Waals surface area contributed by atoms with Crippen LogP contribution in [0.3, 0.4) is 0 Å². The van der Waals surface area contributed by atoms with Crippen molar-refractivity contribution in [2.24, 2.45) is 5.92 Å². The Morgan fingerprint density at radius 2 is 2.06 bits per heavy atom. The number of hydrogen-bond acceptors (Lipinski definition) is 6. The molecule has 0 bridgehead atoms. The average Bonchev–Trinajstić information content (AvgIpc) is 2.72. The minimum Gasteiger partial charge on any atom is -0.379 e. The fraction of sp³-hybridized carbons (Fsp3) is 0.600. The highest BCUT2D eigenvalue weighted by Gasteiger charge is 2.15. The van der Waals surface area contributed by atoms with E-state index in [1.807, 2.05) is 13.8 Å². The van der Waals surface area contributed by atoms with Crippen LogP contribution in [0.1, 0.15) is 30.8 Å². The van der Waals surface area contributed by atoms with Gasteiger partial charge in [0.25, 0.3) is 5.91 Å². The number of aromatic nitrogens is 2. The number of carbonyl (C=O) groups excluding carboxylic acids is 2. The maximum absolute atomic E-state index is 11.5. The zero-order chi connectivity index (χ0) is 13.5. The summed E-state index contributed by atoms with van der Waals surface area (Å²) < 4.78 is 4.29. The number of nitrogens with zero attached hydrogens (tertiary/aromatic N) is 2. The standard InChI is InChI=1S/C10H17N5O3/c1-6(2)5-13-7(16)3-4-12-10(17)8-9(11)15-18-14-8/h6H,3-5H2,1-2H3,(H2,11,15)(H,12,17)(H,13,16). The second kappa shape index (κ2) is 6.58. The highest BCUT2D eigenvalue weighted by atomic mass is 16.6. The van der Waals surface area contributed by atoms with Crippen LogP contribution in [0.5, 0.6) is 0 Å². The van der Waals surface area contributed by atoms with Gasteiger partial charge in [-0.25, -0.2) is 4.63 Å². The van der Waals surface area contributed by atoms with E-state index in [-0.39, 0.29) is 30.4 Å². The van der Waals surface area contributed by atoms with Gasteiger partial charge >= 0.3 is 0 Å². The lowest BCUT2D eigenvalue weighted by atomic mass is 10.2. The Balaban J connectivity index is 2.24. The first-order valence-electron chi connectivity index (χ1n) is 5.63. The van der Waals surface area contributed by atoms with Gasteiger partial charge in [-0.15, -0.1) is 0 Å². The van der Waals surface area contributed by atoms with Crippen molar-refractivity contribution < 1.29 is 14.2 Å². The van der Waals surface area contributed by atoms with Crippen LogP contribution in [0.15, 0.2) is 4.63 Å². The molecule has 0 fully saturated rings. The average molecular weight is 255 g/mol. The molecule has 8 heteroatoms. The molecule has 2 amide bonds. The van der Waals surface area contributed by atoms with E-state index in [2.05, 4.69) is 25.6 Å². The van der Waals surface area contributed by atoms with Crippen molar-refractivity contribution in [1.29, 1.82) is 0 Å². The molecule has 1 heterocycles. The molecule has 0 spiro atoms. The Labute approximate surface area is 104 Å². The van der Waals surface area contributed by atoms with Gasteiger partial charge in [0.1, 0.15) is 0 Å². The number of nitrogens with one attached hydrogen (secondary N) is 2. The summed E-state index contributed by atoms with van der Waals surface area (Å²) in [5.41, 5.74) is 5.27. The Hall–Kier alpha value is -2.12. The topological polar surface area (TPSA) is 123 Å². The summed E-state index contributed by atoms with van der Waals surface area (Å²) in [4.78, 5) is 22.8. The van der Waals surface area contributed by atoms with Gasteiger partial charge in [0, 0.05) is 19.5 Å². The normalized spacial score (nSPS) is 10.4. The van der Waals surface area contributed by atoms with Crippen molar-refractivity contribution in [3.8, 4) is 0 Å². The molecular weight excluding hydrogens is 238 g/mol. The lowest BCUT2D eigenvalue weighted by Crippen LogP contribution is -2.32. The number of nitrogen functional groups attached to an aromatic ring is 1. The van der Waals surface area contributed by atoms with Gasteiger partial charge in [0.2, 0.25) is 17.4 Å². The van der Waals surface area contributed by atoms with E-state index >= 15 is 0 Å². The van der Waals surface area contributed by atoms with Gasteiger partial charge in [-0.2, -0.15) is 0 Å². The third-order valence-corrected chi connectivity index (χ3v) is 2.07. The first-order valence-corrected chi connectivity index (χ1v) is 5.63. The highest BCUT2D eigenvalue weighted by Crippen LogP contribution is 2.02. The third kappa shape index (κ3) is 4.40. The van der Waals surface area contributed by atoms with E-state index in [1.54, 1.807) is 0 Å². The molecule has 18 heavy (non-hydrogen) atoms. The van der Waals surface area contributed by atoms with Crippen molar-refractivity contribution in [1.82, 2.24) is 20.9 Å². The van der Waals surface area contributed by atoms with Gasteiger partial charge < -0.3 is 16.4 Å². The summed E-state index contributed by atoms with van der Waals surface area (Å²) in [6, 6.07) is 0. The molecule has 8 nitrogen and oxygen atoms in total. The number of anilines is 1. The summed E-state index contributed by atoms with van der Waals surface area (Å²) in [7, 11) is 0. The molecule has 1 aromatic rings. The Morgan fingerprint density at radius 1 is 1.33 bits per heavy atom. The third-order valence-electron chi connectivity index (χ3n) is 2.07. The number of rotatable bonds is 6. The molecule has 4 N–H and O–H groups in total. The van der Waals surface area contributed by atoms with Gasteiger partial charge in [0.15, 0.2) is 0 Å². The van der Waals surface area contributed by atoms with Crippen LogP contribution in [0.4, 0.5) is 5.82 Å². The maximum atomic E-state index is 11.5. The largest absolute Gasteiger partial charge is 0.379 e. The smallest absolute Gasteiger partial charge is 0.277 e. The van der Waals surface area contributed by atoms with E-state index in [0.717, 1.165) is 0 Å². The molecule has 0 saturated heterocycles. The maximum Gasteiger partial charge on any atom is 0.277 e. The first kappa shape index (κ1) is 13.9. The zero-order valence-electron chi connectivity index (χ0n) is 10.4. The summed E-state index contributed by atoms with van der Waals surface area (Å²) in [5.74, 6) is -0.304. The van der Waals surface area contributed by atoms with E-state index in [1.165, 1.54) is 0 Å². The summed E-state index contributed by atoms with van der Waals surface area (Å²) in [6.45, 7) is 4.83. The number of nitrogens with two attached hydrogens (primary N) is 1. The van der Waals surface area contributed by atoms with Crippen LogP contribution >= 0.6 is 0 Å². The molecule has 0 aromatic carbocycles. The van der Waals surface area contributed by atoms with E-state index in [0.29, 0.717) is 12.5 Å². The predicted molar refractivity (Wildman–Crippen MR) is 63.5 cm³/mol. The van der Waals surface area contributed by atoms with E-state index < -0.39 is 5.91 Å². The quantitative estimate of drug-likeness (QED) is 0.632. The highest BCUT2D eigenvalue weighted by molar-refractivity contribution is 5.96. The molecule has 1 rings (SSSR count). The number of amides is 2. The molecular formula is C10H17N5O3. The van der Waals surface area contributed by atoms with E-state index in [4.69, 9.17) is 5.73 Å². The molecule has 1 aromatic heterocycles. The van der Waals surface area contributed by atoms with Crippen LogP contribution in [0.25, 0.3) is 0 Å². The molecule has 0 atom stereocenters. The molecule has 100 valence electrons. The van der Waals surface area contributed by atoms with Gasteiger partial charge in [-0.3, -0.25) is 9.59 Å². The first-order chi connectivity index (χ1) is 8.50. The van der Waals surface area contributed by atoms with Crippen LogP contribution in [-0.4, -0.2) is 35.2 Å². The lowest BCUT2D eigenvalue weighted by Gasteiger charge is -2.07. The molecule has 0 unspecified atom stereocenters. The van der Waals surface area contributed by atoms with Gasteiger partial charge in [0.05, 0.1) is 0 Å². The summed E-state index contributed by atoms with van der Waals surface area (Å²) >= 11 is 0. The molecule has 0 saturated carbocycles. The Kier molecular flexibility index (Phi) is 5.09. The van der Waals surface area contributed by atoms with Crippen molar-refractivity contribution in [2.75, 3.05) is 18.8 Å². The Morgan fingerprint density at radius 3 is 2.61 bits per heavy atom. The lowest BCUT2D eigenvalue weighted by molar-refractivity contribution is -0.121. The molecule has 0 aliphatic heterocycles. The van der Waals surface area contributed by atoms with Crippen LogP contribution in [0, 0.1) is 5.92 Å². The van der Waals surface area contributed by atoms with E-state index in [9.17, 15) is 9.59 Å². The van der Waals surface area contributed by atoms with Crippen LogP contribution in [-0.2, 0) is 4.79 Å². The van der Waals surface area contributed by atoms with Crippen molar-refractivity contribution in [3.63, 3.8) is 0 Å². The summed E-state index contributed by atoms with van der Waals surface area (Å²) in [5, 5.41) is 11.9. The van der Waals surface area contributed by atoms with Gasteiger partial charge in [-0.05, 0) is 16.2 Å². The second-order valence-corrected chi connectivity index (χ2v) is 4.20. The molecule has 0 aliphatic rings. The minimum atomic E-state index is -0.509. The Bertz CT molecular complexity index is 415. The van der Waals surface area contributed by atoms with Gasteiger partial charge in [-0.1, -0.05) is 13.8 Å². The van der Waals surface area contributed by atoms with Crippen LogP contribution in [0.2, 0.25) is 0 Å². The minimum absolute atomic E-state index is 0.0717. The predicted octanol–water partition coefficient (Wildman–Crippen LogP) is -0.456. The fourth-order valence-electron chi connectivity index (χ4n) is 1.13. The van der Waals surface area contributed by atoms with Crippen molar-refractivity contribution in [3.05, 3.63) is 5.69 Å². The fourth-order valence-corrected chi connectivity index (χ4v) is 1.13. The number of carbonyl (C=O) groups is 2. The second-order valence-electron chi connectivity index (χ2n) is 4.20.